The van der Waals surface area contributed by atoms with Gasteiger partial charge in [0.2, 0.25) is 0 Å². The summed E-state index contributed by atoms with van der Waals surface area (Å²) < 4.78 is 5.42. The van der Waals surface area contributed by atoms with Crippen molar-refractivity contribution in [2.45, 2.75) is 6.42 Å². The van der Waals surface area contributed by atoms with E-state index in [-0.39, 0.29) is 10.6 Å². The van der Waals surface area contributed by atoms with Gasteiger partial charge in [0.25, 0.3) is 0 Å². The van der Waals surface area contributed by atoms with Gasteiger partial charge in [0, 0.05) is 0 Å². The average Bonchev–Trinajstić information content (AvgIpc) is 2.26. The third kappa shape index (κ3) is 3.94. The molecule has 0 atom stereocenters. The zero-order chi connectivity index (χ0) is 12.0. The van der Waals surface area contributed by atoms with Crippen molar-refractivity contribution >= 4 is 29.3 Å². The molecule has 5 heteroatoms. The van der Waals surface area contributed by atoms with E-state index in [0.29, 0.717) is 12.4 Å². The SMILES string of the molecule is CSCCCOc1ccc(Cl)c(C(=O)O)c1. The lowest BCUT2D eigenvalue weighted by atomic mass is 10.2. The van der Waals surface area contributed by atoms with Crippen LogP contribution in [0.4, 0.5) is 0 Å². The summed E-state index contributed by atoms with van der Waals surface area (Å²) >= 11 is 7.49. The minimum Gasteiger partial charge on any atom is -0.494 e. The summed E-state index contributed by atoms with van der Waals surface area (Å²) in [6.45, 7) is 0.585. The van der Waals surface area contributed by atoms with Crippen LogP contribution >= 0.6 is 23.4 Å². The number of thioether (sulfide) groups is 1. The van der Waals surface area contributed by atoms with Crippen molar-refractivity contribution in [2.75, 3.05) is 18.6 Å². The minimum atomic E-state index is -1.04. The van der Waals surface area contributed by atoms with Crippen LogP contribution in [0.25, 0.3) is 0 Å². The number of carboxylic acid groups (broad SMARTS) is 1. The van der Waals surface area contributed by atoms with Gasteiger partial charge in [0.1, 0.15) is 5.75 Å². The fourth-order valence-electron chi connectivity index (χ4n) is 1.15. The van der Waals surface area contributed by atoms with Crippen molar-refractivity contribution in [3.8, 4) is 5.75 Å². The predicted octanol–water partition coefficient (Wildman–Crippen LogP) is 3.17. The molecule has 0 saturated carbocycles. The normalized spacial score (nSPS) is 10.1. The smallest absolute Gasteiger partial charge is 0.337 e. The van der Waals surface area contributed by atoms with Crippen LogP contribution in [0.5, 0.6) is 5.75 Å². The number of halogens is 1. The van der Waals surface area contributed by atoms with E-state index in [9.17, 15) is 4.79 Å². The van der Waals surface area contributed by atoms with E-state index in [0.717, 1.165) is 12.2 Å². The van der Waals surface area contributed by atoms with Crippen LogP contribution in [0, 0.1) is 0 Å². The first-order valence-electron chi connectivity index (χ1n) is 4.79. The standard InChI is InChI=1S/C11H13ClO3S/c1-16-6-2-5-15-8-3-4-10(12)9(7-8)11(13)14/h3-4,7H,2,5-6H2,1H3,(H,13,14). The second-order valence-corrected chi connectivity index (χ2v) is 4.53. The first kappa shape index (κ1) is 13.2. The molecule has 0 aliphatic rings. The van der Waals surface area contributed by atoms with Crippen molar-refractivity contribution in [1.29, 1.82) is 0 Å². The van der Waals surface area contributed by atoms with Crippen molar-refractivity contribution < 1.29 is 14.6 Å². The summed E-state index contributed by atoms with van der Waals surface area (Å²) in [7, 11) is 0. The molecule has 1 aromatic carbocycles. The fourth-order valence-corrected chi connectivity index (χ4v) is 1.76. The Morgan fingerprint density at radius 1 is 1.56 bits per heavy atom. The molecular weight excluding hydrogens is 248 g/mol. The van der Waals surface area contributed by atoms with Crippen molar-refractivity contribution in [1.82, 2.24) is 0 Å². The summed E-state index contributed by atoms with van der Waals surface area (Å²) in [5.74, 6) is 0.529. The second kappa shape index (κ2) is 6.66. The van der Waals surface area contributed by atoms with Gasteiger partial charge in [0.15, 0.2) is 0 Å². The zero-order valence-electron chi connectivity index (χ0n) is 8.90. The topological polar surface area (TPSA) is 46.5 Å². The number of carbonyl (C=O) groups is 1. The molecular formula is C11H13ClO3S. The third-order valence-electron chi connectivity index (χ3n) is 1.93. The Kier molecular flexibility index (Phi) is 5.49. The molecule has 0 radical (unpaired) electrons. The van der Waals surface area contributed by atoms with Crippen LogP contribution in [-0.2, 0) is 0 Å². The van der Waals surface area contributed by atoms with E-state index in [4.69, 9.17) is 21.4 Å². The second-order valence-electron chi connectivity index (χ2n) is 3.14. The highest BCUT2D eigenvalue weighted by molar-refractivity contribution is 7.98. The van der Waals surface area contributed by atoms with E-state index in [1.54, 1.807) is 17.8 Å². The lowest BCUT2D eigenvalue weighted by Gasteiger charge is -2.07. The molecule has 0 unspecified atom stereocenters. The zero-order valence-corrected chi connectivity index (χ0v) is 10.5. The van der Waals surface area contributed by atoms with Gasteiger partial charge in [-0.1, -0.05) is 11.6 Å². The van der Waals surface area contributed by atoms with Gasteiger partial charge in [-0.3, -0.25) is 0 Å². The minimum absolute atomic E-state index is 0.0732. The molecule has 0 saturated heterocycles. The quantitative estimate of drug-likeness (QED) is 0.798. The van der Waals surface area contributed by atoms with Crippen LogP contribution in [0.2, 0.25) is 5.02 Å². The molecule has 0 bridgehead atoms. The van der Waals surface area contributed by atoms with Crippen LogP contribution in [0.1, 0.15) is 16.8 Å². The van der Waals surface area contributed by atoms with Crippen LogP contribution in [-0.4, -0.2) is 29.7 Å². The van der Waals surface area contributed by atoms with Crippen molar-refractivity contribution in [2.24, 2.45) is 0 Å². The highest BCUT2D eigenvalue weighted by Crippen LogP contribution is 2.22. The summed E-state index contributed by atoms with van der Waals surface area (Å²) in [6, 6.07) is 4.66. The molecule has 0 fully saturated rings. The van der Waals surface area contributed by atoms with Crippen molar-refractivity contribution in [3.05, 3.63) is 28.8 Å². The Hall–Kier alpha value is -0.870. The maximum absolute atomic E-state index is 10.8. The molecule has 1 N–H and O–H groups in total. The Morgan fingerprint density at radius 3 is 2.94 bits per heavy atom. The molecule has 3 nitrogen and oxygen atoms in total. The Balaban J connectivity index is 2.61. The van der Waals surface area contributed by atoms with Gasteiger partial charge in [-0.2, -0.15) is 11.8 Å². The summed E-state index contributed by atoms with van der Waals surface area (Å²) in [4.78, 5) is 10.8. The predicted molar refractivity (Wildman–Crippen MR) is 66.9 cm³/mol. The summed E-state index contributed by atoms with van der Waals surface area (Å²) in [6.07, 6.45) is 2.97. The highest BCUT2D eigenvalue weighted by atomic mass is 35.5. The lowest BCUT2D eigenvalue weighted by molar-refractivity contribution is 0.0696. The van der Waals surface area contributed by atoms with E-state index < -0.39 is 5.97 Å². The van der Waals surface area contributed by atoms with Crippen LogP contribution in [0.3, 0.4) is 0 Å². The van der Waals surface area contributed by atoms with E-state index in [1.807, 2.05) is 6.26 Å². The first-order chi connectivity index (χ1) is 7.65. The highest BCUT2D eigenvalue weighted by Gasteiger charge is 2.09. The summed E-state index contributed by atoms with van der Waals surface area (Å²) in [5.41, 5.74) is 0.0732. The molecule has 16 heavy (non-hydrogen) atoms. The van der Waals surface area contributed by atoms with E-state index in [2.05, 4.69) is 0 Å². The first-order valence-corrected chi connectivity index (χ1v) is 6.57. The number of hydrogen-bond donors (Lipinski definition) is 1. The van der Waals surface area contributed by atoms with Crippen molar-refractivity contribution in [3.63, 3.8) is 0 Å². The Bertz CT molecular complexity index is 368. The van der Waals surface area contributed by atoms with Gasteiger partial charge in [-0.25, -0.2) is 4.79 Å². The fraction of sp³-hybridized carbons (Fsp3) is 0.364. The number of aromatic carboxylic acids is 1. The number of benzene rings is 1. The molecule has 0 amide bonds. The molecule has 1 aromatic rings. The van der Waals surface area contributed by atoms with Gasteiger partial charge in [-0.15, -0.1) is 0 Å². The molecule has 0 aliphatic heterocycles. The van der Waals surface area contributed by atoms with Gasteiger partial charge < -0.3 is 9.84 Å². The number of carboxylic acids is 1. The van der Waals surface area contributed by atoms with E-state index >= 15 is 0 Å². The average molecular weight is 261 g/mol. The monoisotopic (exact) mass is 260 g/mol. The maximum Gasteiger partial charge on any atom is 0.337 e. The summed E-state index contributed by atoms with van der Waals surface area (Å²) in [5, 5.41) is 9.08. The maximum atomic E-state index is 10.8. The van der Waals surface area contributed by atoms with Gasteiger partial charge in [0.05, 0.1) is 17.2 Å². The largest absolute Gasteiger partial charge is 0.494 e. The Labute approximate surface area is 104 Å². The Morgan fingerprint density at radius 2 is 2.31 bits per heavy atom. The lowest BCUT2D eigenvalue weighted by Crippen LogP contribution is -2.01. The molecule has 88 valence electrons. The van der Waals surface area contributed by atoms with E-state index in [1.165, 1.54) is 12.1 Å². The third-order valence-corrected chi connectivity index (χ3v) is 2.96. The molecule has 0 heterocycles. The molecule has 0 spiro atoms. The van der Waals surface area contributed by atoms with Gasteiger partial charge >= 0.3 is 5.97 Å². The molecule has 0 aromatic heterocycles. The number of ether oxygens (including phenoxy) is 1. The number of hydrogen-bond acceptors (Lipinski definition) is 3. The number of rotatable bonds is 6. The van der Waals surface area contributed by atoms with Crippen LogP contribution in [0.15, 0.2) is 18.2 Å². The van der Waals surface area contributed by atoms with Gasteiger partial charge in [-0.05, 0) is 36.6 Å². The molecule has 1 rings (SSSR count). The van der Waals surface area contributed by atoms with Crippen LogP contribution < -0.4 is 4.74 Å². The molecule has 0 aliphatic carbocycles.